The van der Waals surface area contributed by atoms with Crippen LogP contribution in [-0.4, -0.2) is 35.8 Å². The van der Waals surface area contributed by atoms with Gasteiger partial charge in [0, 0.05) is 24.7 Å². The van der Waals surface area contributed by atoms with E-state index in [2.05, 4.69) is 5.32 Å². The van der Waals surface area contributed by atoms with Crippen molar-refractivity contribution in [3.05, 3.63) is 65.2 Å². The maximum absolute atomic E-state index is 12.8. The SMILES string of the molecule is Cc1cccc(C(=O)Nc2ccccc2C(=O)N2CCC(N)CC2)c1.Cl. The number of carbonyl (C=O) groups excluding carboxylic acids is 2. The molecule has 2 aromatic carbocycles. The van der Waals surface area contributed by atoms with E-state index in [9.17, 15) is 9.59 Å². The van der Waals surface area contributed by atoms with E-state index < -0.39 is 0 Å². The lowest BCUT2D eigenvalue weighted by Crippen LogP contribution is -2.43. The van der Waals surface area contributed by atoms with Gasteiger partial charge >= 0.3 is 0 Å². The van der Waals surface area contributed by atoms with E-state index in [-0.39, 0.29) is 30.3 Å². The summed E-state index contributed by atoms with van der Waals surface area (Å²) < 4.78 is 0. The van der Waals surface area contributed by atoms with Gasteiger partial charge < -0.3 is 16.0 Å². The number of nitrogens with zero attached hydrogens (tertiary/aromatic N) is 1. The fourth-order valence-electron chi connectivity index (χ4n) is 3.03. The van der Waals surface area contributed by atoms with Crippen molar-refractivity contribution < 1.29 is 9.59 Å². The second-order valence-electron chi connectivity index (χ2n) is 6.50. The standard InChI is InChI=1S/C20H23N3O2.ClH/c1-14-5-4-6-15(13-14)19(24)22-18-8-3-2-7-17(18)20(25)23-11-9-16(21)10-12-23;/h2-8,13,16H,9-12,21H2,1H3,(H,22,24);1H. The van der Waals surface area contributed by atoms with E-state index in [0.29, 0.717) is 29.9 Å². The van der Waals surface area contributed by atoms with Gasteiger partial charge in [-0.3, -0.25) is 9.59 Å². The molecule has 0 aromatic heterocycles. The van der Waals surface area contributed by atoms with Crippen LogP contribution >= 0.6 is 12.4 Å². The zero-order chi connectivity index (χ0) is 17.8. The molecule has 0 atom stereocenters. The second-order valence-corrected chi connectivity index (χ2v) is 6.50. The van der Waals surface area contributed by atoms with E-state index >= 15 is 0 Å². The summed E-state index contributed by atoms with van der Waals surface area (Å²) in [5, 5.41) is 2.87. The van der Waals surface area contributed by atoms with Crippen LogP contribution in [0.3, 0.4) is 0 Å². The molecule has 5 nitrogen and oxygen atoms in total. The Bertz CT molecular complexity index is 786. The first-order chi connectivity index (χ1) is 12.0. The number of nitrogens with two attached hydrogens (primary N) is 1. The lowest BCUT2D eigenvalue weighted by molar-refractivity contribution is 0.0716. The molecule has 6 heteroatoms. The van der Waals surface area contributed by atoms with Crippen molar-refractivity contribution in [1.29, 1.82) is 0 Å². The predicted octanol–water partition coefficient (Wildman–Crippen LogP) is 3.23. The highest BCUT2D eigenvalue weighted by molar-refractivity contribution is 6.09. The minimum Gasteiger partial charge on any atom is -0.338 e. The van der Waals surface area contributed by atoms with Gasteiger partial charge in [-0.05, 0) is 44.0 Å². The van der Waals surface area contributed by atoms with Crippen LogP contribution in [0.1, 0.15) is 39.1 Å². The second kappa shape index (κ2) is 8.83. The molecule has 2 aromatic rings. The minimum absolute atomic E-state index is 0. The molecule has 0 spiro atoms. The van der Waals surface area contributed by atoms with Gasteiger partial charge in [-0.2, -0.15) is 0 Å². The predicted molar refractivity (Wildman–Crippen MR) is 106 cm³/mol. The van der Waals surface area contributed by atoms with Crippen LogP contribution in [0.2, 0.25) is 0 Å². The molecule has 1 aliphatic rings. The highest BCUT2D eigenvalue weighted by atomic mass is 35.5. The van der Waals surface area contributed by atoms with Crippen molar-refractivity contribution in [3.63, 3.8) is 0 Å². The summed E-state index contributed by atoms with van der Waals surface area (Å²) in [5.74, 6) is -0.281. The molecule has 1 saturated heterocycles. The summed E-state index contributed by atoms with van der Waals surface area (Å²) in [6.45, 7) is 3.25. The molecule has 138 valence electrons. The molecule has 0 saturated carbocycles. The molecule has 0 radical (unpaired) electrons. The van der Waals surface area contributed by atoms with Gasteiger partial charge in [-0.15, -0.1) is 12.4 Å². The van der Waals surface area contributed by atoms with Crippen LogP contribution < -0.4 is 11.1 Å². The molecule has 0 aliphatic carbocycles. The molecule has 1 heterocycles. The van der Waals surface area contributed by atoms with Gasteiger partial charge in [0.2, 0.25) is 0 Å². The number of para-hydroxylation sites is 1. The van der Waals surface area contributed by atoms with E-state index in [1.54, 1.807) is 23.1 Å². The zero-order valence-electron chi connectivity index (χ0n) is 14.8. The highest BCUT2D eigenvalue weighted by Crippen LogP contribution is 2.20. The number of rotatable bonds is 3. The Kier molecular flexibility index (Phi) is 6.77. The summed E-state index contributed by atoms with van der Waals surface area (Å²) >= 11 is 0. The van der Waals surface area contributed by atoms with Crippen molar-refractivity contribution in [2.24, 2.45) is 5.73 Å². The number of nitrogens with one attached hydrogen (secondary N) is 1. The van der Waals surface area contributed by atoms with E-state index in [4.69, 9.17) is 5.73 Å². The average molecular weight is 374 g/mol. The zero-order valence-corrected chi connectivity index (χ0v) is 15.6. The Balaban J connectivity index is 0.00000243. The number of halogens is 1. The third kappa shape index (κ3) is 4.62. The van der Waals surface area contributed by atoms with Gasteiger partial charge in [0.25, 0.3) is 11.8 Å². The number of hydrogen-bond acceptors (Lipinski definition) is 3. The minimum atomic E-state index is -0.218. The number of amides is 2. The van der Waals surface area contributed by atoms with Crippen LogP contribution in [-0.2, 0) is 0 Å². The molecule has 1 fully saturated rings. The highest BCUT2D eigenvalue weighted by Gasteiger charge is 2.23. The fraction of sp³-hybridized carbons (Fsp3) is 0.300. The van der Waals surface area contributed by atoms with Crippen molar-refractivity contribution in [2.45, 2.75) is 25.8 Å². The molecule has 1 aliphatic heterocycles. The number of benzene rings is 2. The molecule has 3 N–H and O–H groups in total. The van der Waals surface area contributed by atoms with Crippen LogP contribution in [0, 0.1) is 6.92 Å². The number of anilines is 1. The van der Waals surface area contributed by atoms with Gasteiger partial charge in [-0.25, -0.2) is 0 Å². The molecular formula is C20H24ClN3O2. The maximum Gasteiger partial charge on any atom is 0.255 e. The van der Waals surface area contributed by atoms with Crippen LogP contribution in [0.25, 0.3) is 0 Å². The smallest absolute Gasteiger partial charge is 0.255 e. The van der Waals surface area contributed by atoms with Crippen molar-refractivity contribution in [2.75, 3.05) is 18.4 Å². The van der Waals surface area contributed by atoms with Crippen molar-refractivity contribution >= 4 is 29.9 Å². The van der Waals surface area contributed by atoms with Gasteiger partial charge in [-0.1, -0.05) is 29.8 Å². The summed E-state index contributed by atoms with van der Waals surface area (Å²) in [7, 11) is 0. The van der Waals surface area contributed by atoms with E-state index in [1.807, 2.05) is 37.3 Å². The monoisotopic (exact) mass is 373 g/mol. The normalized spacial score (nSPS) is 14.5. The average Bonchev–Trinajstić information content (AvgIpc) is 2.62. The van der Waals surface area contributed by atoms with Crippen LogP contribution in [0.5, 0.6) is 0 Å². The number of carbonyl (C=O) groups is 2. The third-order valence-corrected chi connectivity index (χ3v) is 4.51. The Hall–Kier alpha value is -2.37. The van der Waals surface area contributed by atoms with Gasteiger partial charge in [0.1, 0.15) is 0 Å². The fourth-order valence-corrected chi connectivity index (χ4v) is 3.03. The van der Waals surface area contributed by atoms with Gasteiger partial charge in [0.05, 0.1) is 11.3 Å². The van der Waals surface area contributed by atoms with Crippen molar-refractivity contribution in [3.8, 4) is 0 Å². The number of piperidine rings is 1. The molecule has 3 rings (SSSR count). The molecule has 26 heavy (non-hydrogen) atoms. The summed E-state index contributed by atoms with van der Waals surface area (Å²) in [6.07, 6.45) is 1.62. The Morgan fingerprint density at radius 1 is 1.08 bits per heavy atom. The number of aryl methyl sites for hydroxylation is 1. The first kappa shape index (κ1) is 19.9. The Morgan fingerprint density at radius 3 is 2.46 bits per heavy atom. The molecule has 0 unspecified atom stereocenters. The first-order valence-electron chi connectivity index (χ1n) is 8.56. The topological polar surface area (TPSA) is 75.4 Å². The lowest BCUT2D eigenvalue weighted by Gasteiger charge is -2.30. The van der Waals surface area contributed by atoms with Crippen LogP contribution in [0.15, 0.2) is 48.5 Å². The van der Waals surface area contributed by atoms with Crippen molar-refractivity contribution in [1.82, 2.24) is 4.90 Å². The lowest BCUT2D eigenvalue weighted by atomic mass is 10.0. The Morgan fingerprint density at radius 2 is 1.77 bits per heavy atom. The molecular weight excluding hydrogens is 350 g/mol. The number of hydrogen-bond donors (Lipinski definition) is 2. The summed E-state index contributed by atoms with van der Waals surface area (Å²) in [6, 6.07) is 14.7. The first-order valence-corrected chi connectivity index (χ1v) is 8.56. The molecule has 0 bridgehead atoms. The number of likely N-dealkylation sites (tertiary alicyclic amines) is 1. The Labute approximate surface area is 160 Å². The van der Waals surface area contributed by atoms with E-state index in [0.717, 1.165) is 18.4 Å². The van der Waals surface area contributed by atoms with E-state index in [1.165, 1.54) is 0 Å². The quantitative estimate of drug-likeness (QED) is 0.867. The maximum atomic E-state index is 12.8. The molecule has 2 amide bonds. The third-order valence-electron chi connectivity index (χ3n) is 4.51. The largest absolute Gasteiger partial charge is 0.338 e. The summed E-state index contributed by atoms with van der Waals surface area (Å²) in [4.78, 5) is 27.1. The van der Waals surface area contributed by atoms with Crippen LogP contribution in [0.4, 0.5) is 5.69 Å². The van der Waals surface area contributed by atoms with Gasteiger partial charge in [0.15, 0.2) is 0 Å². The summed E-state index contributed by atoms with van der Waals surface area (Å²) in [5.41, 5.74) is 8.55.